The summed E-state index contributed by atoms with van der Waals surface area (Å²) in [5, 5.41) is 3.22. The molecule has 19 heavy (non-hydrogen) atoms. The molecule has 0 aliphatic carbocycles. The number of nitrogens with one attached hydrogen (secondary N) is 1. The number of nitrogens with two attached hydrogens (primary N) is 1. The van der Waals surface area contributed by atoms with Crippen molar-refractivity contribution in [1.82, 2.24) is 5.32 Å². The lowest BCUT2D eigenvalue weighted by atomic mass is 9.88. The van der Waals surface area contributed by atoms with Gasteiger partial charge in [0.05, 0.1) is 7.11 Å². The van der Waals surface area contributed by atoms with Gasteiger partial charge in [0.15, 0.2) is 0 Å². The van der Waals surface area contributed by atoms with Crippen molar-refractivity contribution < 1.29 is 4.74 Å². The first kappa shape index (κ1) is 16.0. The Balaban J connectivity index is 3.10. The van der Waals surface area contributed by atoms with Crippen molar-refractivity contribution in [2.75, 3.05) is 20.7 Å². The number of benzene rings is 1. The molecule has 3 nitrogen and oxygen atoms in total. The second kappa shape index (κ2) is 7.51. The molecule has 0 aliphatic rings. The van der Waals surface area contributed by atoms with E-state index in [0.29, 0.717) is 11.8 Å². The summed E-state index contributed by atoms with van der Waals surface area (Å²) in [6, 6.07) is 6.37. The van der Waals surface area contributed by atoms with Crippen LogP contribution in [-0.2, 0) is 0 Å². The lowest BCUT2D eigenvalue weighted by Crippen LogP contribution is -2.29. The van der Waals surface area contributed by atoms with Gasteiger partial charge in [-0.1, -0.05) is 39.3 Å². The monoisotopic (exact) mass is 264 g/mol. The van der Waals surface area contributed by atoms with Gasteiger partial charge in [-0.05, 0) is 37.1 Å². The maximum absolute atomic E-state index is 6.46. The van der Waals surface area contributed by atoms with Gasteiger partial charge in [0, 0.05) is 11.6 Å². The zero-order chi connectivity index (χ0) is 14.4. The molecule has 1 rings (SSSR count). The molecule has 3 heteroatoms. The Morgan fingerprint density at radius 2 is 2.00 bits per heavy atom. The third-order valence-electron chi connectivity index (χ3n) is 3.78. The Morgan fingerprint density at radius 3 is 2.47 bits per heavy atom. The van der Waals surface area contributed by atoms with E-state index < -0.39 is 0 Å². The fourth-order valence-corrected chi connectivity index (χ4v) is 2.41. The molecule has 0 saturated heterocycles. The summed E-state index contributed by atoms with van der Waals surface area (Å²) in [7, 11) is 3.68. The van der Waals surface area contributed by atoms with Gasteiger partial charge in [0.25, 0.3) is 0 Å². The van der Waals surface area contributed by atoms with Crippen LogP contribution in [0.15, 0.2) is 18.2 Å². The highest BCUT2D eigenvalue weighted by Gasteiger charge is 2.21. The summed E-state index contributed by atoms with van der Waals surface area (Å²) in [5.74, 6) is 1.81. The minimum absolute atomic E-state index is 0.00565. The fraction of sp³-hybridized carbons (Fsp3) is 0.625. The van der Waals surface area contributed by atoms with Crippen LogP contribution in [-0.4, -0.2) is 20.7 Å². The van der Waals surface area contributed by atoms with Crippen molar-refractivity contribution in [3.8, 4) is 5.75 Å². The predicted molar refractivity (Wildman–Crippen MR) is 81.7 cm³/mol. The molecule has 3 N–H and O–H groups in total. The van der Waals surface area contributed by atoms with Gasteiger partial charge in [-0.3, -0.25) is 0 Å². The molecule has 0 aromatic heterocycles. The SMILES string of the molecule is CCC(CNC)C(N)c1cc(C(C)C)ccc1OC. The van der Waals surface area contributed by atoms with Gasteiger partial charge >= 0.3 is 0 Å². The van der Waals surface area contributed by atoms with E-state index in [2.05, 4.69) is 38.2 Å². The summed E-state index contributed by atoms with van der Waals surface area (Å²) < 4.78 is 5.47. The second-order valence-corrected chi connectivity index (χ2v) is 5.41. The van der Waals surface area contributed by atoms with Crippen LogP contribution in [0.1, 0.15) is 50.3 Å². The average Bonchev–Trinajstić information content (AvgIpc) is 2.43. The molecule has 0 bridgehead atoms. The minimum atomic E-state index is 0.00565. The lowest BCUT2D eigenvalue weighted by molar-refractivity contribution is 0.370. The zero-order valence-corrected chi connectivity index (χ0v) is 12.9. The molecular formula is C16H28N2O. The van der Waals surface area contributed by atoms with Gasteiger partial charge < -0.3 is 15.8 Å². The summed E-state index contributed by atoms with van der Waals surface area (Å²) in [5.41, 5.74) is 8.89. The maximum Gasteiger partial charge on any atom is 0.123 e. The molecule has 0 spiro atoms. The molecule has 1 aromatic rings. The van der Waals surface area contributed by atoms with Gasteiger partial charge in [0.1, 0.15) is 5.75 Å². The van der Waals surface area contributed by atoms with Gasteiger partial charge in [0.2, 0.25) is 0 Å². The molecule has 0 amide bonds. The number of hydrogen-bond acceptors (Lipinski definition) is 3. The van der Waals surface area contributed by atoms with Crippen LogP contribution in [0.25, 0.3) is 0 Å². The van der Waals surface area contributed by atoms with Gasteiger partial charge in [-0.2, -0.15) is 0 Å². The van der Waals surface area contributed by atoms with Crippen molar-refractivity contribution in [2.24, 2.45) is 11.7 Å². The molecule has 0 heterocycles. The van der Waals surface area contributed by atoms with Crippen LogP contribution < -0.4 is 15.8 Å². The minimum Gasteiger partial charge on any atom is -0.496 e. The molecule has 0 saturated carbocycles. The van der Waals surface area contributed by atoms with Crippen LogP contribution in [0.2, 0.25) is 0 Å². The smallest absolute Gasteiger partial charge is 0.123 e. The molecule has 0 aliphatic heterocycles. The van der Waals surface area contributed by atoms with Crippen molar-refractivity contribution >= 4 is 0 Å². The summed E-state index contributed by atoms with van der Waals surface area (Å²) in [6.45, 7) is 7.50. The van der Waals surface area contributed by atoms with Crippen molar-refractivity contribution in [3.63, 3.8) is 0 Å². The third kappa shape index (κ3) is 3.95. The fourth-order valence-electron chi connectivity index (χ4n) is 2.41. The Kier molecular flexibility index (Phi) is 6.32. The maximum atomic E-state index is 6.46. The van der Waals surface area contributed by atoms with Crippen molar-refractivity contribution in [1.29, 1.82) is 0 Å². The molecule has 0 radical (unpaired) electrons. The normalized spacial score (nSPS) is 14.5. The molecule has 108 valence electrons. The highest BCUT2D eigenvalue weighted by atomic mass is 16.5. The first-order chi connectivity index (χ1) is 9.04. The van der Waals surface area contributed by atoms with Crippen LogP contribution in [0, 0.1) is 5.92 Å². The van der Waals surface area contributed by atoms with Gasteiger partial charge in [-0.25, -0.2) is 0 Å². The topological polar surface area (TPSA) is 47.3 Å². The number of hydrogen-bond donors (Lipinski definition) is 2. The van der Waals surface area contributed by atoms with E-state index in [-0.39, 0.29) is 6.04 Å². The Labute approximate surface area is 117 Å². The highest BCUT2D eigenvalue weighted by molar-refractivity contribution is 5.40. The highest BCUT2D eigenvalue weighted by Crippen LogP contribution is 2.32. The Morgan fingerprint density at radius 1 is 1.32 bits per heavy atom. The van der Waals surface area contributed by atoms with Crippen molar-refractivity contribution in [3.05, 3.63) is 29.3 Å². The molecule has 0 fully saturated rings. The van der Waals surface area contributed by atoms with E-state index >= 15 is 0 Å². The third-order valence-corrected chi connectivity index (χ3v) is 3.78. The van der Waals surface area contributed by atoms with E-state index in [4.69, 9.17) is 10.5 Å². The second-order valence-electron chi connectivity index (χ2n) is 5.41. The summed E-state index contributed by atoms with van der Waals surface area (Å²) in [6.07, 6.45) is 1.05. The number of methoxy groups -OCH3 is 1. The lowest BCUT2D eigenvalue weighted by Gasteiger charge is -2.25. The predicted octanol–water partition coefficient (Wildman–Crippen LogP) is 3.06. The number of ether oxygens (including phenoxy) is 1. The first-order valence-electron chi connectivity index (χ1n) is 7.13. The van der Waals surface area contributed by atoms with Gasteiger partial charge in [-0.15, -0.1) is 0 Å². The number of rotatable bonds is 7. The van der Waals surface area contributed by atoms with Crippen molar-refractivity contribution in [2.45, 2.75) is 39.2 Å². The standard InChI is InChI=1S/C16H28N2O/c1-6-12(10-18-4)16(17)14-9-13(11(2)3)7-8-15(14)19-5/h7-9,11-12,16,18H,6,10,17H2,1-5H3. The Bertz CT molecular complexity index is 390. The van der Waals surface area contributed by atoms with E-state index in [1.165, 1.54) is 5.56 Å². The van der Waals surface area contributed by atoms with Crippen LogP contribution >= 0.6 is 0 Å². The average molecular weight is 264 g/mol. The largest absolute Gasteiger partial charge is 0.496 e. The molecule has 2 unspecified atom stereocenters. The zero-order valence-electron chi connectivity index (χ0n) is 12.9. The Hall–Kier alpha value is -1.06. The van der Waals surface area contributed by atoms with Crippen LogP contribution in [0.5, 0.6) is 5.75 Å². The summed E-state index contributed by atoms with van der Waals surface area (Å²) >= 11 is 0. The quantitative estimate of drug-likeness (QED) is 0.795. The van der Waals surface area contributed by atoms with E-state index in [1.54, 1.807) is 7.11 Å². The van der Waals surface area contributed by atoms with Crippen LogP contribution in [0.3, 0.4) is 0 Å². The molecule has 2 atom stereocenters. The summed E-state index contributed by atoms with van der Waals surface area (Å²) in [4.78, 5) is 0. The van der Waals surface area contributed by atoms with E-state index in [9.17, 15) is 0 Å². The molecule has 1 aromatic carbocycles. The first-order valence-corrected chi connectivity index (χ1v) is 7.13. The van der Waals surface area contributed by atoms with E-state index in [1.807, 2.05) is 13.1 Å². The van der Waals surface area contributed by atoms with E-state index in [0.717, 1.165) is 24.3 Å². The van der Waals surface area contributed by atoms with Crippen LogP contribution in [0.4, 0.5) is 0 Å². The molecular weight excluding hydrogens is 236 g/mol.